The van der Waals surface area contributed by atoms with Crippen LogP contribution in [0.4, 0.5) is 5.69 Å². The van der Waals surface area contributed by atoms with Crippen LogP contribution in [0.25, 0.3) is 11.3 Å². The van der Waals surface area contributed by atoms with Crippen LogP contribution in [0, 0.1) is 27.7 Å². The first kappa shape index (κ1) is 22.4. The summed E-state index contributed by atoms with van der Waals surface area (Å²) in [5.41, 5.74) is 7.52. The monoisotopic (exact) mass is 459 g/mol. The van der Waals surface area contributed by atoms with E-state index in [4.69, 9.17) is 4.99 Å². The number of thiazole rings is 1. The molecule has 0 atom stereocenters. The van der Waals surface area contributed by atoms with E-state index in [9.17, 15) is 15.3 Å². The summed E-state index contributed by atoms with van der Waals surface area (Å²) in [6.45, 7) is 8.18. The number of aromatic nitrogens is 1. The van der Waals surface area contributed by atoms with Gasteiger partial charge in [0.2, 0.25) is 10.6 Å². The van der Waals surface area contributed by atoms with Gasteiger partial charge < -0.3 is 15.3 Å². The quantitative estimate of drug-likeness (QED) is 0.271. The fourth-order valence-corrected chi connectivity index (χ4v) is 4.19. The predicted octanol–water partition coefficient (Wildman–Crippen LogP) is 5.68. The molecule has 0 amide bonds. The summed E-state index contributed by atoms with van der Waals surface area (Å²) in [5, 5.41) is 36.3. The first-order valence-electron chi connectivity index (χ1n) is 10.4. The number of aryl methyl sites for hydroxylation is 4. The van der Waals surface area contributed by atoms with E-state index in [0.29, 0.717) is 4.80 Å². The number of hydrogen-bond acceptors (Lipinski definition) is 6. The third-order valence-corrected chi connectivity index (χ3v) is 6.36. The largest absolute Gasteiger partial charge is 0.504 e. The molecule has 6 nitrogen and oxygen atoms in total. The molecule has 1 heterocycles. The minimum absolute atomic E-state index is 0.271. The van der Waals surface area contributed by atoms with E-state index in [1.807, 2.05) is 37.4 Å². The van der Waals surface area contributed by atoms with Crippen molar-refractivity contribution in [1.82, 2.24) is 4.68 Å². The first-order chi connectivity index (χ1) is 15.7. The fourth-order valence-electron chi connectivity index (χ4n) is 3.34. The Balaban J connectivity index is 1.91. The maximum Gasteiger partial charge on any atom is 0.211 e. The van der Waals surface area contributed by atoms with Crippen LogP contribution in [0.15, 0.2) is 64.0 Å². The van der Waals surface area contributed by atoms with Crippen molar-refractivity contribution >= 4 is 23.2 Å². The first-order valence-corrected chi connectivity index (χ1v) is 11.3. The van der Waals surface area contributed by atoms with E-state index in [-0.39, 0.29) is 5.56 Å². The van der Waals surface area contributed by atoms with Gasteiger partial charge in [-0.25, -0.2) is 9.67 Å². The Bertz CT molecular complexity index is 1450. The zero-order chi connectivity index (χ0) is 23.7. The molecule has 4 rings (SSSR count). The van der Waals surface area contributed by atoms with Crippen LogP contribution in [0.3, 0.4) is 0 Å². The molecule has 0 unspecified atom stereocenters. The van der Waals surface area contributed by atoms with Crippen LogP contribution in [0.1, 0.15) is 27.8 Å². The molecule has 0 radical (unpaired) electrons. The molecule has 1 aromatic heterocycles. The number of aromatic hydroxyl groups is 3. The van der Waals surface area contributed by atoms with E-state index in [1.54, 1.807) is 4.68 Å². The van der Waals surface area contributed by atoms with Gasteiger partial charge in [0.1, 0.15) is 0 Å². The van der Waals surface area contributed by atoms with Crippen molar-refractivity contribution < 1.29 is 15.3 Å². The highest BCUT2D eigenvalue weighted by Crippen LogP contribution is 2.36. The summed E-state index contributed by atoms with van der Waals surface area (Å²) in [6.07, 6.45) is 1.44. The maximum atomic E-state index is 10.2. The Morgan fingerprint density at radius 1 is 0.818 bits per heavy atom. The summed E-state index contributed by atoms with van der Waals surface area (Å²) in [7, 11) is 0. The van der Waals surface area contributed by atoms with Crippen molar-refractivity contribution in [3.05, 3.63) is 86.5 Å². The van der Waals surface area contributed by atoms with Gasteiger partial charge in [-0.05, 0) is 74.2 Å². The Labute approximate surface area is 196 Å². The minimum atomic E-state index is -0.580. The van der Waals surface area contributed by atoms with Gasteiger partial charge in [0.25, 0.3) is 0 Å². The number of rotatable bonds is 4. The SMILES string of the molecule is Cc1ccc(C)c(N=c2scc(-c3ccc(C)c(C)c3)n2N=Cc2ccc(O)c(O)c2O)c1. The molecule has 0 aliphatic carbocycles. The molecule has 168 valence electrons. The lowest BCUT2D eigenvalue weighted by molar-refractivity contribution is 0.367. The van der Waals surface area contributed by atoms with Gasteiger partial charge in [0.05, 0.1) is 17.6 Å². The molecule has 3 aromatic carbocycles. The summed E-state index contributed by atoms with van der Waals surface area (Å²) < 4.78 is 1.72. The number of phenols is 3. The minimum Gasteiger partial charge on any atom is -0.504 e. The maximum absolute atomic E-state index is 10.2. The third-order valence-electron chi connectivity index (χ3n) is 5.54. The molecule has 0 aliphatic heterocycles. The van der Waals surface area contributed by atoms with Gasteiger partial charge in [-0.15, -0.1) is 11.3 Å². The van der Waals surface area contributed by atoms with Crippen LogP contribution < -0.4 is 4.80 Å². The molecular weight excluding hydrogens is 434 g/mol. The molecule has 0 bridgehead atoms. The van der Waals surface area contributed by atoms with E-state index < -0.39 is 17.2 Å². The van der Waals surface area contributed by atoms with E-state index in [2.05, 4.69) is 37.1 Å². The van der Waals surface area contributed by atoms with E-state index >= 15 is 0 Å². The molecule has 0 saturated carbocycles. The molecule has 0 fully saturated rings. The molecule has 33 heavy (non-hydrogen) atoms. The van der Waals surface area contributed by atoms with Crippen LogP contribution in [-0.4, -0.2) is 26.2 Å². The highest BCUT2D eigenvalue weighted by molar-refractivity contribution is 7.07. The topological polar surface area (TPSA) is 90.3 Å². The van der Waals surface area contributed by atoms with Crippen molar-refractivity contribution in [1.29, 1.82) is 0 Å². The van der Waals surface area contributed by atoms with Gasteiger partial charge >= 0.3 is 0 Å². The second-order valence-corrected chi connectivity index (χ2v) is 8.87. The second kappa shape index (κ2) is 8.96. The van der Waals surface area contributed by atoms with Crippen molar-refractivity contribution in [2.75, 3.05) is 0 Å². The lowest BCUT2D eigenvalue weighted by Crippen LogP contribution is -2.12. The Hall–Kier alpha value is -3.84. The van der Waals surface area contributed by atoms with Crippen molar-refractivity contribution in [2.45, 2.75) is 27.7 Å². The third kappa shape index (κ3) is 4.54. The molecule has 0 saturated heterocycles. The lowest BCUT2D eigenvalue weighted by Gasteiger charge is -2.08. The van der Waals surface area contributed by atoms with Gasteiger partial charge in [0.15, 0.2) is 11.5 Å². The summed E-state index contributed by atoms with van der Waals surface area (Å²) in [4.78, 5) is 5.53. The number of phenolic OH excluding ortho intramolecular Hbond substituents is 3. The van der Waals surface area contributed by atoms with Crippen molar-refractivity contribution in [2.24, 2.45) is 10.1 Å². The number of nitrogens with zero attached hydrogens (tertiary/aromatic N) is 3. The molecule has 7 heteroatoms. The van der Waals surface area contributed by atoms with Crippen molar-refractivity contribution in [3.8, 4) is 28.5 Å². The van der Waals surface area contributed by atoms with Gasteiger partial charge in [-0.3, -0.25) is 0 Å². The van der Waals surface area contributed by atoms with Gasteiger partial charge in [-0.1, -0.05) is 24.3 Å². The van der Waals surface area contributed by atoms with Crippen LogP contribution in [-0.2, 0) is 0 Å². The fraction of sp³-hybridized carbons (Fsp3) is 0.154. The zero-order valence-electron chi connectivity index (χ0n) is 18.9. The van der Waals surface area contributed by atoms with E-state index in [0.717, 1.165) is 28.1 Å². The average molecular weight is 460 g/mol. The Kier molecular flexibility index (Phi) is 6.07. The molecule has 0 spiro atoms. The molecular formula is C26H25N3O3S. The molecule has 4 aromatic rings. The highest BCUT2D eigenvalue weighted by Gasteiger charge is 2.12. The zero-order valence-corrected chi connectivity index (χ0v) is 19.7. The van der Waals surface area contributed by atoms with Gasteiger partial charge in [-0.2, -0.15) is 5.10 Å². The van der Waals surface area contributed by atoms with Crippen LogP contribution >= 0.6 is 11.3 Å². The number of benzene rings is 3. The summed E-state index contributed by atoms with van der Waals surface area (Å²) >= 11 is 1.47. The lowest BCUT2D eigenvalue weighted by atomic mass is 10.1. The summed E-state index contributed by atoms with van der Waals surface area (Å²) in [6, 6.07) is 15.1. The average Bonchev–Trinajstić information content (AvgIpc) is 3.18. The standard InChI is InChI=1S/C26H25N3O3S/c1-15-5-6-17(3)21(11-15)28-26-29(27-13-20-9-10-23(30)25(32)24(20)31)22(14-33-26)19-8-7-16(2)18(4)12-19/h5-14,30-32H,1-4H3. The molecule has 3 N–H and O–H groups in total. The smallest absolute Gasteiger partial charge is 0.211 e. The Morgan fingerprint density at radius 3 is 2.33 bits per heavy atom. The normalized spacial score (nSPS) is 12.1. The van der Waals surface area contributed by atoms with Crippen LogP contribution in [0.2, 0.25) is 0 Å². The van der Waals surface area contributed by atoms with E-state index in [1.165, 1.54) is 40.8 Å². The Morgan fingerprint density at radius 2 is 1.58 bits per heavy atom. The second-order valence-electron chi connectivity index (χ2n) is 8.03. The van der Waals surface area contributed by atoms with Crippen LogP contribution in [0.5, 0.6) is 17.2 Å². The van der Waals surface area contributed by atoms with Gasteiger partial charge in [0, 0.05) is 16.5 Å². The number of hydrogen-bond donors (Lipinski definition) is 3. The molecule has 0 aliphatic rings. The predicted molar refractivity (Wildman–Crippen MR) is 133 cm³/mol. The highest BCUT2D eigenvalue weighted by atomic mass is 32.1. The van der Waals surface area contributed by atoms with Crippen molar-refractivity contribution in [3.63, 3.8) is 0 Å². The summed E-state index contributed by atoms with van der Waals surface area (Å²) in [5.74, 6) is -1.41.